The molecule has 2 rings (SSSR count). The fourth-order valence-electron chi connectivity index (χ4n) is 1.58. The Morgan fingerprint density at radius 2 is 2.47 bits per heavy atom. The number of aromatic nitrogens is 3. The molecule has 0 unspecified atom stereocenters. The Balaban J connectivity index is 2.19. The maximum atomic E-state index is 11.9. The van der Waals surface area contributed by atoms with E-state index in [0.29, 0.717) is 17.8 Å². The first kappa shape index (κ1) is 11.5. The molecule has 0 spiro atoms. The lowest BCUT2D eigenvalue weighted by Gasteiger charge is -2.11. The third-order valence-corrected chi connectivity index (χ3v) is 2.32. The number of carbonyl (C=O) groups excluding carboxylic acids is 1. The highest BCUT2D eigenvalue weighted by atomic mass is 16.5. The lowest BCUT2D eigenvalue weighted by molar-refractivity contribution is 0.0907. The highest BCUT2D eigenvalue weighted by Crippen LogP contribution is 2.06. The van der Waals surface area contributed by atoms with E-state index < -0.39 is 0 Å². The third-order valence-electron chi connectivity index (χ3n) is 2.32. The van der Waals surface area contributed by atoms with E-state index in [1.165, 1.54) is 6.20 Å². The SMILES string of the molecule is COC[C@@H](C)NC(=O)c1cnn2cccnc12. The van der Waals surface area contributed by atoms with Crippen molar-refractivity contribution in [3.05, 3.63) is 30.2 Å². The van der Waals surface area contributed by atoms with Gasteiger partial charge in [0.1, 0.15) is 5.56 Å². The second kappa shape index (κ2) is 4.92. The second-order valence-corrected chi connectivity index (χ2v) is 3.78. The Kier molecular flexibility index (Phi) is 3.34. The van der Waals surface area contributed by atoms with Gasteiger partial charge in [-0.3, -0.25) is 4.79 Å². The minimum atomic E-state index is -0.191. The van der Waals surface area contributed by atoms with Crippen LogP contribution in [-0.4, -0.2) is 40.3 Å². The van der Waals surface area contributed by atoms with Gasteiger partial charge in [-0.2, -0.15) is 5.10 Å². The van der Waals surface area contributed by atoms with Crippen LogP contribution in [0, 0.1) is 0 Å². The van der Waals surface area contributed by atoms with Crippen LogP contribution in [0.3, 0.4) is 0 Å². The Labute approximate surface area is 98.6 Å². The van der Waals surface area contributed by atoms with Crippen molar-refractivity contribution in [2.75, 3.05) is 13.7 Å². The van der Waals surface area contributed by atoms with Crippen LogP contribution in [0.4, 0.5) is 0 Å². The molecule has 1 atom stereocenters. The number of carbonyl (C=O) groups is 1. The summed E-state index contributed by atoms with van der Waals surface area (Å²) in [6.45, 7) is 2.35. The summed E-state index contributed by atoms with van der Waals surface area (Å²) in [7, 11) is 1.60. The fraction of sp³-hybridized carbons (Fsp3) is 0.364. The Hall–Kier alpha value is -1.95. The van der Waals surface area contributed by atoms with E-state index in [1.54, 1.807) is 30.1 Å². The van der Waals surface area contributed by atoms with Crippen molar-refractivity contribution >= 4 is 11.6 Å². The van der Waals surface area contributed by atoms with Gasteiger partial charge in [-0.15, -0.1) is 0 Å². The average Bonchev–Trinajstić information content (AvgIpc) is 2.72. The Morgan fingerprint density at radius 3 is 3.24 bits per heavy atom. The number of hydrogen-bond acceptors (Lipinski definition) is 4. The summed E-state index contributed by atoms with van der Waals surface area (Å²) in [6.07, 6.45) is 4.89. The van der Waals surface area contributed by atoms with Crippen molar-refractivity contribution in [1.82, 2.24) is 19.9 Å². The van der Waals surface area contributed by atoms with Gasteiger partial charge in [0.15, 0.2) is 5.65 Å². The van der Waals surface area contributed by atoms with Gasteiger partial charge in [-0.25, -0.2) is 9.50 Å². The molecule has 2 aromatic heterocycles. The van der Waals surface area contributed by atoms with Gasteiger partial charge in [0.25, 0.3) is 5.91 Å². The number of rotatable bonds is 4. The number of nitrogens with one attached hydrogen (secondary N) is 1. The standard InChI is InChI=1S/C11H14N4O2/c1-8(7-17-2)14-11(16)9-6-13-15-5-3-4-12-10(9)15/h3-6,8H,7H2,1-2H3,(H,14,16)/t8-/m1/s1. The molecule has 1 amide bonds. The number of amides is 1. The molecule has 6 nitrogen and oxygen atoms in total. The normalized spacial score (nSPS) is 12.6. The Bertz CT molecular complexity index is 523. The molecule has 90 valence electrons. The van der Waals surface area contributed by atoms with E-state index in [0.717, 1.165) is 0 Å². The molecule has 0 saturated carbocycles. The minimum Gasteiger partial charge on any atom is -0.383 e. The van der Waals surface area contributed by atoms with E-state index in [2.05, 4.69) is 15.4 Å². The topological polar surface area (TPSA) is 68.5 Å². The molecule has 1 N–H and O–H groups in total. The molecule has 0 radical (unpaired) electrons. The first-order chi connectivity index (χ1) is 8.22. The number of ether oxygens (including phenoxy) is 1. The summed E-state index contributed by atoms with van der Waals surface area (Å²) in [5, 5.41) is 6.87. The third kappa shape index (κ3) is 2.42. The molecule has 6 heteroatoms. The van der Waals surface area contributed by atoms with Crippen LogP contribution in [0.2, 0.25) is 0 Å². The average molecular weight is 234 g/mol. The highest BCUT2D eigenvalue weighted by molar-refractivity contribution is 5.99. The molecule has 17 heavy (non-hydrogen) atoms. The van der Waals surface area contributed by atoms with Crippen LogP contribution in [0.15, 0.2) is 24.7 Å². The monoisotopic (exact) mass is 234 g/mol. The zero-order chi connectivity index (χ0) is 12.3. The molecule has 2 aromatic rings. The number of methoxy groups -OCH3 is 1. The summed E-state index contributed by atoms with van der Waals surface area (Å²) in [5.41, 5.74) is 1.02. The fourth-order valence-corrected chi connectivity index (χ4v) is 1.58. The van der Waals surface area contributed by atoms with Gasteiger partial charge in [-0.05, 0) is 13.0 Å². The smallest absolute Gasteiger partial charge is 0.257 e. The molecule has 0 aliphatic rings. The zero-order valence-corrected chi connectivity index (χ0v) is 9.75. The van der Waals surface area contributed by atoms with E-state index in [1.807, 2.05) is 6.92 Å². The summed E-state index contributed by atoms with van der Waals surface area (Å²) in [5.74, 6) is -0.191. The van der Waals surface area contributed by atoms with E-state index in [4.69, 9.17) is 4.74 Å². The predicted molar refractivity (Wildman–Crippen MR) is 61.8 cm³/mol. The summed E-state index contributed by atoms with van der Waals surface area (Å²) in [6, 6.07) is 1.71. The van der Waals surface area contributed by atoms with Crippen LogP contribution in [0.5, 0.6) is 0 Å². The molecular formula is C11H14N4O2. The van der Waals surface area contributed by atoms with Gasteiger partial charge in [-0.1, -0.05) is 0 Å². The summed E-state index contributed by atoms with van der Waals surface area (Å²) < 4.78 is 6.52. The van der Waals surface area contributed by atoms with Crippen LogP contribution in [0.1, 0.15) is 17.3 Å². The van der Waals surface area contributed by atoms with E-state index in [-0.39, 0.29) is 11.9 Å². The number of fused-ring (bicyclic) bond motifs is 1. The summed E-state index contributed by atoms with van der Waals surface area (Å²) in [4.78, 5) is 16.1. The molecule has 2 heterocycles. The quantitative estimate of drug-likeness (QED) is 0.836. The van der Waals surface area contributed by atoms with Gasteiger partial charge >= 0.3 is 0 Å². The van der Waals surface area contributed by atoms with Gasteiger partial charge in [0.05, 0.1) is 12.8 Å². The molecule has 0 aliphatic heterocycles. The van der Waals surface area contributed by atoms with Crippen molar-refractivity contribution in [1.29, 1.82) is 0 Å². The molecular weight excluding hydrogens is 220 g/mol. The van der Waals surface area contributed by atoms with Crippen LogP contribution >= 0.6 is 0 Å². The lowest BCUT2D eigenvalue weighted by Crippen LogP contribution is -2.35. The largest absolute Gasteiger partial charge is 0.383 e. The molecule has 0 aromatic carbocycles. The number of hydrogen-bond donors (Lipinski definition) is 1. The van der Waals surface area contributed by atoms with Crippen molar-refractivity contribution in [2.45, 2.75) is 13.0 Å². The van der Waals surface area contributed by atoms with Crippen molar-refractivity contribution in [3.8, 4) is 0 Å². The Morgan fingerprint density at radius 1 is 1.65 bits per heavy atom. The van der Waals surface area contributed by atoms with E-state index >= 15 is 0 Å². The maximum absolute atomic E-state index is 11.9. The van der Waals surface area contributed by atoms with Crippen molar-refractivity contribution < 1.29 is 9.53 Å². The van der Waals surface area contributed by atoms with Crippen molar-refractivity contribution in [3.63, 3.8) is 0 Å². The van der Waals surface area contributed by atoms with Gasteiger partial charge < -0.3 is 10.1 Å². The zero-order valence-electron chi connectivity index (χ0n) is 9.75. The lowest BCUT2D eigenvalue weighted by atomic mass is 10.3. The molecule has 0 fully saturated rings. The second-order valence-electron chi connectivity index (χ2n) is 3.78. The van der Waals surface area contributed by atoms with Gasteiger partial charge in [0, 0.05) is 25.5 Å². The first-order valence-corrected chi connectivity index (χ1v) is 5.30. The van der Waals surface area contributed by atoms with E-state index in [9.17, 15) is 4.79 Å². The molecule has 0 bridgehead atoms. The minimum absolute atomic E-state index is 0.0498. The maximum Gasteiger partial charge on any atom is 0.257 e. The van der Waals surface area contributed by atoms with Gasteiger partial charge in [0.2, 0.25) is 0 Å². The van der Waals surface area contributed by atoms with Crippen LogP contribution in [-0.2, 0) is 4.74 Å². The molecule has 0 aliphatic carbocycles. The predicted octanol–water partition coefficient (Wildman–Crippen LogP) is 0.494. The van der Waals surface area contributed by atoms with Crippen LogP contribution < -0.4 is 5.32 Å². The first-order valence-electron chi connectivity index (χ1n) is 5.30. The van der Waals surface area contributed by atoms with Crippen molar-refractivity contribution in [2.24, 2.45) is 0 Å². The highest BCUT2D eigenvalue weighted by Gasteiger charge is 2.15. The summed E-state index contributed by atoms with van der Waals surface area (Å²) >= 11 is 0. The molecule has 0 saturated heterocycles. The van der Waals surface area contributed by atoms with Crippen LogP contribution in [0.25, 0.3) is 5.65 Å². The number of nitrogens with zero attached hydrogens (tertiary/aromatic N) is 3.